The van der Waals surface area contributed by atoms with Crippen LogP contribution in [-0.2, 0) is 4.74 Å². The molecule has 0 aromatic rings. The lowest BCUT2D eigenvalue weighted by Crippen LogP contribution is -2.41. The molecule has 0 bridgehead atoms. The topological polar surface area (TPSA) is 36.9 Å². The smallest absolute Gasteiger partial charge is 0.193 e. The van der Waals surface area contributed by atoms with Crippen LogP contribution in [-0.4, -0.2) is 51.3 Å². The summed E-state index contributed by atoms with van der Waals surface area (Å²) in [6.45, 7) is 4.08. The van der Waals surface area contributed by atoms with Crippen molar-refractivity contribution in [3.05, 3.63) is 0 Å². The van der Waals surface area contributed by atoms with Crippen LogP contribution >= 0.6 is 0 Å². The summed E-state index contributed by atoms with van der Waals surface area (Å²) < 4.78 is 5.42. The number of hydrogen-bond acceptors (Lipinski definition) is 2. The lowest BCUT2D eigenvalue weighted by molar-refractivity contribution is 0.0625. The van der Waals surface area contributed by atoms with Gasteiger partial charge in [-0.15, -0.1) is 0 Å². The van der Waals surface area contributed by atoms with Gasteiger partial charge >= 0.3 is 0 Å². The Morgan fingerprint density at radius 1 is 1.15 bits per heavy atom. The van der Waals surface area contributed by atoms with Gasteiger partial charge in [0.05, 0.1) is 0 Å². The predicted octanol–water partition coefficient (Wildman–Crippen LogP) is 2.50. The van der Waals surface area contributed by atoms with Crippen LogP contribution in [0.3, 0.4) is 0 Å². The van der Waals surface area contributed by atoms with Gasteiger partial charge in [-0.1, -0.05) is 12.8 Å². The fourth-order valence-corrected chi connectivity index (χ4v) is 3.35. The van der Waals surface area contributed by atoms with Gasteiger partial charge in [0, 0.05) is 40.4 Å². The third kappa shape index (κ3) is 4.97. The van der Waals surface area contributed by atoms with Crippen molar-refractivity contribution in [1.82, 2.24) is 10.2 Å². The van der Waals surface area contributed by atoms with E-state index in [4.69, 9.17) is 4.74 Å². The van der Waals surface area contributed by atoms with Crippen molar-refractivity contribution in [2.75, 3.05) is 40.4 Å². The molecule has 20 heavy (non-hydrogen) atoms. The van der Waals surface area contributed by atoms with Gasteiger partial charge in [0.15, 0.2) is 5.96 Å². The molecule has 2 fully saturated rings. The van der Waals surface area contributed by atoms with Crippen LogP contribution in [0.5, 0.6) is 0 Å². The number of rotatable bonds is 5. The van der Waals surface area contributed by atoms with Crippen molar-refractivity contribution in [3.63, 3.8) is 0 Å². The second kappa shape index (κ2) is 8.50. The molecule has 1 saturated carbocycles. The molecule has 0 unspecified atom stereocenters. The van der Waals surface area contributed by atoms with E-state index in [0.717, 1.165) is 44.1 Å². The van der Waals surface area contributed by atoms with E-state index in [9.17, 15) is 0 Å². The van der Waals surface area contributed by atoms with Crippen LogP contribution in [0, 0.1) is 11.8 Å². The Balaban J connectivity index is 1.66. The number of nitrogens with one attached hydrogen (secondary N) is 1. The van der Waals surface area contributed by atoms with E-state index in [1.807, 2.05) is 7.05 Å². The van der Waals surface area contributed by atoms with Crippen molar-refractivity contribution in [1.29, 1.82) is 0 Å². The number of aliphatic imine (C=N–C) groups is 1. The summed E-state index contributed by atoms with van der Waals surface area (Å²) in [7, 11) is 4.05. The van der Waals surface area contributed by atoms with E-state index in [1.165, 1.54) is 44.9 Å². The Kier molecular flexibility index (Phi) is 6.64. The van der Waals surface area contributed by atoms with Crippen LogP contribution in [0.25, 0.3) is 0 Å². The highest BCUT2D eigenvalue weighted by atomic mass is 16.5. The summed E-state index contributed by atoms with van der Waals surface area (Å²) in [4.78, 5) is 6.70. The average Bonchev–Trinajstić information content (AvgIpc) is 3.00. The first-order chi connectivity index (χ1) is 9.79. The summed E-state index contributed by atoms with van der Waals surface area (Å²) in [5.41, 5.74) is 0. The third-order valence-electron chi connectivity index (χ3n) is 4.81. The summed E-state index contributed by atoms with van der Waals surface area (Å²) in [5, 5.41) is 3.55. The van der Waals surface area contributed by atoms with Crippen molar-refractivity contribution < 1.29 is 4.74 Å². The van der Waals surface area contributed by atoms with Gasteiger partial charge in [-0.05, 0) is 43.9 Å². The minimum Gasteiger partial charge on any atom is -0.381 e. The van der Waals surface area contributed by atoms with E-state index < -0.39 is 0 Å². The summed E-state index contributed by atoms with van der Waals surface area (Å²) in [6.07, 6.45) is 9.29. The highest BCUT2D eigenvalue weighted by molar-refractivity contribution is 5.79. The fraction of sp³-hybridized carbons (Fsp3) is 0.938. The van der Waals surface area contributed by atoms with Crippen LogP contribution in [0.15, 0.2) is 4.99 Å². The van der Waals surface area contributed by atoms with E-state index >= 15 is 0 Å². The molecule has 1 aliphatic heterocycles. The molecule has 1 N–H and O–H groups in total. The Bertz CT molecular complexity index is 294. The molecular weight excluding hydrogens is 250 g/mol. The number of ether oxygens (including phenoxy) is 1. The molecule has 0 aromatic carbocycles. The normalized spacial score (nSPS) is 22.2. The summed E-state index contributed by atoms with van der Waals surface area (Å²) in [5.74, 6) is 2.75. The second-order valence-electron chi connectivity index (χ2n) is 6.34. The Morgan fingerprint density at radius 3 is 2.50 bits per heavy atom. The molecule has 2 aliphatic rings. The first-order valence-electron chi connectivity index (χ1n) is 8.29. The lowest BCUT2D eigenvalue weighted by atomic mass is 9.96. The molecule has 116 valence electrons. The fourth-order valence-electron chi connectivity index (χ4n) is 3.35. The Hall–Kier alpha value is -0.770. The molecule has 1 saturated heterocycles. The molecule has 4 nitrogen and oxygen atoms in total. The maximum absolute atomic E-state index is 5.42. The van der Waals surface area contributed by atoms with E-state index in [0.29, 0.717) is 0 Å². The Morgan fingerprint density at radius 2 is 1.85 bits per heavy atom. The standard InChI is InChI=1S/C16H31N3O/c1-17-16(18-13-15-5-3-4-6-15)19(2)10-7-14-8-11-20-12-9-14/h14-15H,3-13H2,1-2H3,(H,17,18). The Labute approximate surface area is 124 Å². The zero-order chi connectivity index (χ0) is 14.2. The predicted molar refractivity (Wildman–Crippen MR) is 84.1 cm³/mol. The lowest BCUT2D eigenvalue weighted by Gasteiger charge is -2.27. The second-order valence-corrected chi connectivity index (χ2v) is 6.34. The molecule has 1 aliphatic carbocycles. The summed E-state index contributed by atoms with van der Waals surface area (Å²) in [6, 6.07) is 0. The van der Waals surface area contributed by atoms with Crippen LogP contribution < -0.4 is 5.32 Å². The maximum Gasteiger partial charge on any atom is 0.193 e. The van der Waals surface area contributed by atoms with Gasteiger partial charge in [-0.2, -0.15) is 0 Å². The molecule has 0 amide bonds. The zero-order valence-corrected chi connectivity index (χ0v) is 13.2. The van der Waals surface area contributed by atoms with Gasteiger partial charge in [-0.3, -0.25) is 4.99 Å². The maximum atomic E-state index is 5.42. The molecule has 0 spiro atoms. The molecule has 0 atom stereocenters. The number of nitrogens with zero attached hydrogens (tertiary/aromatic N) is 2. The summed E-state index contributed by atoms with van der Waals surface area (Å²) >= 11 is 0. The molecule has 0 radical (unpaired) electrons. The quantitative estimate of drug-likeness (QED) is 0.621. The number of hydrogen-bond donors (Lipinski definition) is 1. The average molecular weight is 281 g/mol. The van der Waals surface area contributed by atoms with Crippen LogP contribution in [0.2, 0.25) is 0 Å². The van der Waals surface area contributed by atoms with Crippen LogP contribution in [0.1, 0.15) is 44.9 Å². The third-order valence-corrected chi connectivity index (χ3v) is 4.81. The van der Waals surface area contributed by atoms with Gasteiger partial charge in [0.1, 0.15) is 0 Å². The van der Waals surface area contributed by atoms with Crippen LogP contribution in [0.4, 0.5) is 0 Å². The molecule has 4 heteroatoms. The first-order valence-corrected chi connectivity index (χ1v) is 8.29. The zero-order valence-electron chi connectivity index (χ0n) is 13.2. The molecule has 0 aromatic heterocycles. The van der Waals surface area contributed by atoms with Gasteiger partial charge in [0.25, 0.3) is 0 Å². The SMILES string of the molecule is CN=C(NCC1CCCC1)N(C)CCC1CCOCC1. The number of guanidine groups is 1. The van der Waals surface area contributed by atoms with Crippen molar-refractivity contribution in [3.8, 4) is 0 Å². The van der Waals surface area contributed by atoms with Gasteiger partial charge in [-0.25, -0.2) is 0 Å². The molecular formula is C16H31N3O. The monoisotopic (exact) mass is 281 g/mol. The largest absolute Gasteiger partial charge is 0.381 e. The molecule has 2 rings (SSSR count). The molecule has 1 heterocycles. The van der Waals surface area contributed by atoms with Crippen molar-refractivity contribution in [2.24, 2.45) is 16.8 Å². The van der Waals surface area contributed by atoms with E-state index in [-0.39, 0.29) is 0 Å². The minimum atomic E-state index is 0.833. The van der Waals surface area contributed by atoms with Crippen molar-refractivity contribution in [2.45, 2.75) is 44.9 Å². The van der Waals surface area contributed by atoms with Crippen molar-refractivity contribution >= 4 is 5.96 Å². The van der Waals surface area contributed by atoms with E-state index in [1.54, 1.807) is 0 Å². The highest BCUT2D eigenvalue weighted by Gasteiger charge is 2.17. The van der Waals surface area contributed by atoms with Gasteiger partial charge in [0.2, 0.25) is 0 Å². The highest BCUT2D eigenvalue weighted by Crippen LogP contribution is 2.23. The first kappa shape index (κ1) is 15.6. The minimum absolute atomic E-state index is 0.833. The van der Waals surface area contributed by atoms with E-state index in [2.05, 4.69) is 22.3 Å². The van der Waals surface area contributed by atoms with Gasteiger partial charge < -0.3 is 15.0 Å².